The van der Waals surface area contributed by atoms with Gasteiger partial charge in [0.25, 0.3) is 0 Å². The Kier molecular flexibility index (Phi) is 4.16. The summed E-state index contributed by atoms with van der Waals surface area (Å²) in [5.74, 6) is 0. The van der Waals surface area contributed by atoms with Crippen LogP contribution in [-0.2, 0) is 4.74 Å². The van der Waals surface area contributed by atoms with Crippen LogP contribution >= 0.6 is 0 Å². The Morgan fingerprint density at radius 2 is 2.00 bits per heavy atom. The van der Waals surface area contributed by atoms with Crippen molar-refractivity contribution in [3.05, 3.63) is 29.8 Å². The molecule has 1 aromatic carbocycles. The number of aliphatic hydroxyl groups excluding tert-OH is 1. The van der Waals surface area contributed by atoms with E-state index in [1.165, 1.54) is 5.69 Å². The minimum absolute atomic E-state index is 0.112. The summed E-state index contributed by atoms with van der Waals surface area (Å²) in [5.41, 5.74) is 2.08. The summed E-state index contributed by atoms with van der Waals surface area (Å²) in [6, 6.07) is 8.25. The Balaban J connectivity index is 2.13. The lowest BCUT2D eigenvalue weighted by molar-refractivity contribution is -0.0749. The van der Waals surface area contributed by atoms with E-state index < -0.39 is 0 Å². The van der Waals surface area contributed by atoms with Gasteiger partial charge in [-0.15, -0.1) is 0 Å². The van der Waals surface area contributed by atoms with Crippen LogP contribution in [0.2, 0.25) is 0 Å². The molecule has 106 valence electrons. The fourth-order valence-corrected chi connectivity index (χ4v) is 2.79. The molecule has 1 heterocycles. The summed E-state index contributed by atoms with van der Waals surface area (Å²) in [6.45, 7) is 10.2. The number of morpholine rings is 1. The zero-order chi connectivity index (χ0) is 14.0. The minimum atomic E-state index is -0.353. The molecule has 0 radical (unpaired) electrons. The van der Waals surface area contributed by atoms with Gasteiger partial charge in [-0.05, 0) is 44.9 Å². The molecule has 19 heavy (non-hydrogen) atoms. The van der Waals surface area contributed by atoms with Crippen molar-refractivity contribution in [2.45, 2.75) is 51.9 Å². The van der Waals surface area contributed by atoms with Crippen LogP contribution in [0.4, 0.5) is 5.69 Å². The predicted molar refractivity (Wildman–Crippen MR) is 78.5 cm³/mol. The normalized spacial score (nSPS) is 24.3. The number of aliphatic hydroxyl groups is 1. The van der Waals surface area contributed by atoms with E-state index in [1.807, 2.05) is 19.1 Å². The SMILES string of the molecule is CC[C@H](O)c1ccc(N2CC(C)OC(C)(C)C2)cc1. The summed E-state index contributed by atoms with van der Waals surface area (Å²) in [5, 5.41) is 9.82. The highest BCUT2D eigenvalue weighted by Crippen LogP contribution is 2.27. The molecule has 0 bridgehead atoms. The first kappa shape index (κ1) is 14.4. The van der Waals surface area contributed by atoms with Crippen LogP contribution in [0.15, 0.2) is 24.3 Å². The van der Waals surface area contributed by atoms with Gasteiger partial charge in [-0.3, -0.25) is 0 Å². The molecule has 1 unspecified atom stereocenters. The van der Waals surface area contributed by atoms with Crippen LogP contribution in [-0.4, -0.2) is 29.9 Å². The fraction of sp³-hybridized carbons (Fsp3) is 0.625. The second kappa shape index (κ2) is 5.51. The maximum atomic E-state index is 9.82. The first-order valence-corrected chi connectivity index (χ1v) is 7.12. The molecule has 2 atom stereocenters. The molecule has 0 spiro atoms. The molecule has 1 saturated heterocycles. The highest BCUT2D eigenvalue weighted by molar-refractivity contribution is 5.48. The second-order valence-electron chi connectivity index (χ2n) is 6.08. The summed E-state index contributed by atoms with van der Waals surface area (Å²) >= 11 is 0. The van der Waals surface area contributed by atoms with Gasteiger partial charge >= 0.3 is 0 Å². The minimum Gasteiger partial charge on any atom is -0.388 e. The fourth-order valence-electron chi connectivity index (χ4n) is 2.79. The first-order chi connectivity index (χ1) is 8.91. The molecule has 1 N–H and O–H groups in total. The molecule has 1 aliphatic rings. The van der Waals surface area contributed by atoms with Gasteiger partial charge < -0.3 is 14.7 Å². The quantitative estimate of drug-likeness (QED) is 0.909. The zero-order valence-corrected chi connectivity index (χ0v) is 12.4. The molecular weight excluding hydrogens is 238 g/mol. The van der Waals surface area contributed by atoms with Crippen LogP contribution in [0.3, 0.4) is 0 Å². The summed E-state index contributed by atoms with van der Waals surface area (Å²) < 4.78 is 5.92. The molecule has 0 aliphatic carbocycles. The van der Waals surface area contributed by atoms with Crippen LogP contribution in [0.25, 0.3) is 0 Å². The number of ether oxygens (including phenoxy) is 1. The number of benzene rings is 1. The van der Waals surface area contributed by atoms with Crippen LogP contribution in [0.1, 0.15) is 45.8 Å². The second-order valence-corrected chi connectivity index (χ2v) is 6.08. The third-order valence-electron chi connectivity index (χ3n) is 3.60. The van der Waals surface area contributed by atoms with Crippen molar-refractivity contribution in [3.63, 3.8) is 0 Å². The third kappa shape index (κ3) is 3.48. The van der Waals surface area contributed by atoms with Crippen molar-refractivity contribution >= 4 is 5.69 Å². The van der Waals surface area contributed by atoms with E-state index in [0.717, 1.165) is 25.1 Å². The number of nitrogens with zero attached hydrogens (tertiary/aromatic N) is 1. The van der Waals surface area contributed by atoms with E-state index in [4.69, 9.17) is 4.74 Å². The maximum absolute atomic E-state index is 9.82. The molecule has 2 rings (SSSR count). The number of rotatable bonds is 3. The zero-order valence-electron chi connectivity index (χ0n) is 12.4. The molecule has 3 heteroatoms. The van der Waals surface area contributed by atoms with Crippen LogP contribution in [0, 0.1) is 0 Å². The third-order valence-corrected chi connectivity index (χ3v) is 3.60. The number of hydrogen-bond donors (Lipinski definition) is 1. The highest BCUT2D eigenvalue weighted by atomic mass is 16.5. The van der Waals surface area contributed by atoms with Crippen molar-refractivity contribution in [3.8, 4) is 0 Å². The van der Waals surface area contributed by atoms with Crippen molar-refractivity contribution in [1.29, 1.82) is 0 Å². The van der Waals surface area contributed by atoms with Crippen molar-refractivity contribution in [2.75, 3.05) is 18.0 Å². The smallest absolute Gasteiger partial charge is 0.0805 e. The van der Waals surface area contributed by atoms with E-state index >= 15 is 0 Å². The molecule has 3 nitrogen and oxygen atoms in total. The molecular formula is C16H25NO2. The van der Waals surface area contributed by atoms with Gasteiger partial charge in [0, 0.05) is 18.8 Å². The topological polar surface area (TPSA) is 32.7 Å². The van der Waals surface area contributed by atoms with Crippen molar-refractivity contribution < 1.29 is 9.84 Å². The molecule has 1 aliphatic heterocycles. The Morgan fingerprint density at radius 3 is 2.53 bits per heavy atom. The molecule has 0 aromatic heterocycles. The van der Waals surface area contributed by atoms with E-state index in [2.05, 4.69) is 37.8 Å². The van der Waals surface area contributed by atoms with E-state index in [0.29, 0.717) is 0 Å². The Bertz CT molecular complexity index is 413. The van der Waals surface area contributed by atoms with Gasteiger partial charge in [0.1, 0.15) is 0 Å². The van der Waals surface area contributed by atoms with Crippen molar-refractivity contribution in [2.24, 2.45) is 0 Å². The standard InChI is InChI=1S/C16H25NO2/c1-5-15(18)13-6-8-14(9-7-13)17-10-12(2)19-16(3,4)11-17/h6-9,12,15,18H,5,10-11H2,1-4H3/t12?,15-/m0/s1. The van der Waals surface area contributed by atoms with Gasteiger partial charge in [0.15, 0.2) is 0 Å². The van der Waals surface area contributed by atoms with Gasteiger partial charge in [-0.2, -0.15) is 0 Å². The lowest BCUT2D eigenvalue weighted by Crippen LogP contribution is -2.52. The lowest BCUT2D eigenvalue weighted by atomic mass is 10.0. The molecule has 0 saturated carbocycles. The largest absolute Gasteiger partial charge is 0.388 e. The van der Waals surface area contributed by atoms with E-state index in [-0.39, 0.29) is 17.8 Å². The summed E-state index contributed by atoms with van der Waals surface area (Å²) in [7, 11) is 0. The maximum Gasteiger partial charge on any atom is 0.0805 e. The Hall–Kier alpha value is -1.06. The first-order valence-electron chi connectivity index (χ1n) is 7.12. The predicted octanol–water partition coefficient (Wildman–Crippen LogP) is 3.13. The number of anilines is 1. The Labute approximate surface area is 116 Å². The van der Waals surface area contributed by atoms with Crippen LogP contribution in [0.5, 0.6) is 0 Å². The lowest BCUT2D eigenvalue weighted by Gasteiger charge is -2.43. The molecule has 1 aromatic rings. The van der Waals surface area contributed by atoms with E-state index in [9.17, 15) is 5.11 Å². The van der Waals surface area contributed by atoms with Gasteiger partial charge in [-0.1, -0.05) is 19.1 Å². The van der Waals surface area contributed by atoms with Gasteiger partial charge in [0.05, 0.1) is 17.8 Å². The average Bonchev–Trinajstić information content (AvgIpc) is 2.35. The van der Waals surface area contributed by atoms with E-state index in [1.54, 1.807) is 0 Å². The highest BCUT2D eigenvalue weighted by Gasteiger charge is 2.31. The number of hydrogen-bond acceptors (Lipinski definition) is 3. The van der Waals surface area contributed by atoms with Crippen LogP contribution < -0.4 is 4.90 Å². The average molecular weight is 263 g/mol. The molecule has 1 fully saturated rings. The summed E-state index contributed by atoms with van der Waals surface area (Å²) in [6.07, 6.45) is 0.639. The van der Waals surface area contributed by atoms with Gasteiger partial charge in [-0.25, -0.2) is 0 Å². The summed E-state index contributed by atoms with van der Waals surface area (Å²) in [4.78, 5) is 2.36. The van der Waals surface area contributed by atoms with Gasteiger partial charge in [0.2, 0.25) is 0 Å². The monoisotopic (exact) mass is 263 g/mol. The van der Waals surface area contributed by atoms with Crippen molar-refractivity contribution in [1.82, 2.24) is 0 Å². The molecule has 0 amide bonds. The Morgan fingerprint density at radius 1 is 1.37 bits per heavy atom.